The topological polar surface area (TPSA) is 69.4 Å². The van der Waals surface area contributed by atoms with Crippen LogP contribution in [0.25, 0.3) is 0 Å². The Labute approximate surface area is 109 Å². The summed E-state index contributed by atoms with van der Waals surface area (Å²) in [7, 11) is -2.98. The van der Waals surface area contributed by atoms with Crippen molar-refractivity contribution < 1.29 is 13.2 Å². The Bertz CT molecular complexity index is 471. The second-order valence-electron chi connectivity index (χ2n) is 4.14. The number of benzene rings is 1. The lowest BCUT2D eigenvalue weighted by molar-refractivity contribution is 0.334. The van der Waals surface area contributed by atoms with E-state index in [1.54, 1.807) is 6.92 Å². The Morgan fingerprint density at radius 2 is 1.94 bits per heavy atom. The molecule has 1 atom stereocenters. The van der Waals surface area contributed by atoms with Crippen molar-refractivity contribution in [2.24, 2.45) is 5.73 Å². The highest BCUT2D eigenvalue weighted by molar-refractivity contribution is 7.91. The number of hydrogen-bond acceptors (Lipinski definition) is 4. The maximum absolute atomic E-state index is 11.4. The van der Waals surface area contributed by atoms with E-state index >= 15 is 0 Å². The van der Waals surface area contributed by atoms with Crippen molar-refractivity contribution in [3.8, 4) is 5.75 Å². The van der Waals surface area contributed by atoms with Crippen LogP contribution in [0.4, 0.5) is 0 Å². The first-order chi connectivity index (χ1) is 8.50. The van der Waals surface area contributed by atoms with Gasteiger partial charge in [0.2, 0.25) is 0 Å². The molecule has 0 bridgehead atoms. The Kier molecular flexibility index (Phi) is 5.62. The predicted molar refractivity (Wildman–Crippen MR) is 73.5 cm³/mol. The van der Waals surface area contributed by atoms with Crippen molar-refractivity contribution in [2.75, 3.05) is 18.1 Å². The fraction of sp³-hybridized carbons (Fsp3) is 0.538. The van der Waals surface area contributed by atoms with Gasteiger partial charge in [0.1, 0.15) is 12.4 Å². The molecule has 0 aliphatic heterocycles. The fourth-order valence-corrected chi connectivity index (χ4v) is 2.19. The largest absolute Gasteiger partial charge is 0.492 e. The third-order valence-corrected chi connectivity index (χ3v) is 4.52. The summed E-state index contributed by atoms with van der Waals surface area (Å²) in [5.41, 5.74) is 6.91. The van der Waals surface area contributed by atoms with Gasteiger partial charge in [0.15, 0.2) is 9.84 Å². The number of nitrogens with two attached hydrogens (primary N) is 1. The molecule has 1 rings (SSSR count). The predicted octanol–water partition coefficient (Wildman–Crippen LogP) is 1.91. The molecule has 0 spiro atoms. The molecule has 0 aliphatic rings. The minimum atomic E-state index is -2.98. The van der Waals surface area contributed by atoms with Gasteiger partial charge in [0.25, 0.3) is 0 Å². The van der Waals surface area contributed by atoms with Crippen LogP contribution in [-0.2, 0) is 9.84 Å². The molecule has 0 unspecified atom stereocenters. The molecule has 102 valence electrons. The molecule has 18 heavy (non-hydrogen) atoms. The lowest BCUT2D eigenvalue weighted by Gasteiger charge is -2.15. The summed E-state index contributed by atoms with van der Waals surface area (Å²) in [6.45, 7) is 3.81. The van der Waals surface area contributed by atoms with Crippen molar-refractivity contribution in [1.82, 2.24) is 0 Å². The van der Waals surface area contributed by atoms with E-state index in [0.29, 0.717) is 5.75 Å². The van der Waals surface area contributed by atoms with E-state index in [4.69, 9.17) is 10.5 Å². The van der Waals surface area contributed by atoms with Gasteiger partial charge in [-0.2, -0.15) is 0 Å². The van der Waals surface area contributed by atoms with E-state index in [-0.39, 0.29) is 24.2 Å². The molecule has 0 aliphatic carbocycles. The van der Waals surface area contributed by atoms with Gasteiger partial charge in [-0.25, -0.2) is 8.42 Å². The van der Waals surface area contributed by atoms with Crippen LogP contribution in [0.3, 0.4) is 0 Å². The lowest BCUT2D eigenvalue weighted by Crippen LogP contribution is -2.17. The van der Waals surface area contributed by atoms with Crippen LogP contribution in [0.5, 0.6) is 5.75 Å². The average Bonchev–Trinajstić information content (AvgIpc) is 2.38. The monoisotopic (exact) mass is 271 g/mol. The standard InChI is InChI=1S/C13H21NO3S/c1-3-12(14)11-7-5-6-8-13(11)17-9-10-18(15,16)4-2/h5-8,12H,3-4,9-10,14H2,1-2H3/t12-/m1/s1. The van der Waals surface area contributed by atoms with E-state index < -0.39 is 9.84 Å². The highest BCUT2D eigenvalue weighted by Crippen LogP contribution is 2.25. The number of rotatable bonds is 7. The molecule has 4 nitrogen and oxygen atoms in total. The third-order valence-electron chi connectivity index (χ3n) is 2.85. The molecule has 0 aromatic heterocycles. The fourth-order valence-electron chi connectivity index (χ4n) is 1.56. The van der Waals surface area contributed by atoms with Crippen molar-refractivity contribution >= 4 is 9.84 Å². The maximum Gasteiger partial charge on any atom is 0.153 e. The number of ether oxygens (including phenoxy) is 1. The summed E-state index contributed by atoms with van der Waals surface area (Å²) in [6.07, 6.45) is 0.813. The van der Waals surface area contributed by atoms with Crippen LogP contribution in [0.15, 0.2) is 24.3 Å². The summed E-state index contributed by atoms with van der Waals surface area (Å²) in [5.74, 6) is 0.865. The van der Waals surface area contributed by atoms with Gasteiger partial charge in [0.05, 0.1) is 5.75 Å². The van der Waals surface area contributed by atoms with Gasteiger partial charge in [-0.1, -0.05) is 32.0 Å². The first-order valence-corrected chi connectivity index (χ1v) is 8.00. The quantitative estimate of drug-likeness (QED) is 0.822. The zero-order chi connectivity index (χ0) is 13.6. The van der Waals surface area contributed by atoms with Crippen LogP contribution in [-0.4, -0.2) is 26.5 Å². The molecule has 1 aromatic rings. The van der Waals surface area contributed by atoms with E-state index in [0.717, 1.165) is 12.0 Å². The van der Waals surface area contributed by atoms with E-state index in [2.05, 4.69) is 0 Å². The van der Waals surface area contributed by atoms with Gasteiger partial charge >= 0.3 is 0 Å². The molecule has 0 saturated carbocycles. The molecular formula is C13H21NO3S. The first-order valence-electron chi connectivity index (χ1n) is 6.18. The van der Waals surface area contributed by atoms with Crippen LogP contribution in [0, 0.1) is 0 Å². The summed E-state index contributed by atoms with van der Waals surface area (Å²) in [5, 5.41) is 0. The minimum Gasteiger partial charge on any atom is -0.492 e. The van der Waals surface area contributed by atoms with Crippen LogP contribution in [0.1, 0.15) is 31.9 Å². The van der Waals surface area contributed by atoms with E-state index in [1.165, 1.54) is 0 Å². The van der Waals surface area contributed by atoms with Crippen molar-refractivity contribution in [3.63, 3.8) is 0 Å². The van der Waals surface area contributed by atoms with Crippen molar-refractivity contribution in [3.05, 3.63) is 29.8 Å². The first kappa shape index (κ1) is 15.0. The van der Waals surface area contributed by atoms with Crippen LogP contribution < -0.4 is 10.5 Å². The Hall–Kier alpha value is -1.07. The summed E-state index contributed by atoms with van der Waals surface area (Å²) in [4.78, 5) is 0. The Balaban J connectivity index is 2.68. The number of para-hydroxylation sites is 1. The number of hydrogen-bond donors (Lipinski definition) is 1. The minimum absolute atomic E-state index is 0.0409. The van der Waals surface area contributed by atoms with E-state index in [9.17, 15) is 8.42 Å². The molecule has 1 aromatic carbocycles. The summed E-state index contributed by atoms with van der Waals surface area (Å²) in [6, 6.07) is 7.42. The summed E-state index contributed by atoms with van der Waals surface area (Å²) >= 11 is 0. The Morgan fingerprint density at radius 1 is 1.28 bits per heavy atom. The van der Waals surface area contributed by atoms with Gasteiger partial charge in [-0.05, 0) is 12.5 Å². The highest BCUT2D eigenvalue weighted by Gasteiger charge is 2.11. The van der Waals surface area contributed by atoms with Gasteiger partial charge in [0, 0.05) is 17.4 Å². The molecule has 2 N–H and O–H groups in total. The zero-order valence-corrected chi connectivity index (χ0v) is 11.7. The summed E-state index contributed by atoms with van der Waals surface area (Å²) < 4.78 is 28.3. The SMILES string of the molecule is CC[C@@H](N)c1ccccc1OCCS(=O)(=O)CC. The highest BCUT2D eigenvalue weighted by atomic mass is 32.2. The maximum atomic E-state index is 11.4. The second-order valence-corrected chi connectivity index (χ2v) is 6.61. The van der Waals surface area contributed by atoms with Crippen molar-refractivity contribution in [1.29, 1.82) is 0 Å². The molecule has 0 amide bonds. The Morgan fingerprint density at radius 3 is 2.56 bits per heavy atom. The van der Waals surface area contributed by atoms with Gasteiger partial charge in [-0.15, -0.1) is 0 Å². The molecule has 0 saturated heterocycles. The van der Waals surface area contributed by atoms with Crippen molar-refractivity contribution in [2.45, 2.75) is 26.3 Å². The zero-order valence-electron chi connectivity index (χ0n) is 10.9. The van der Waals surface area contributed by atoms with Gasteiger partial charge in [-0.3, -0.25) is 0 Å². The molecule has 5 heteroatoms. The second kappa shape index (κ2) is 6.75. The molecule has 0 heterocycles. The van der Waals surface area contributed by atoms with Crippen LogP contribution in [0.2, 0.25) is 0 Å². The lowest BCUT2D eigenvalue weighted by atomic mass is 10.0. The number of sulfone groups is 1. The van der Waals surface area contributed by atoms with E-state index in [1.807, 2.05) is 31.2 Å². The normalized spacial score (nSPS) is 13.3. The molecule has 0 fully saturated rings. The molecule has 0 radical (unpaired) electrons. The molecular weight excluding hydrogens is 250 g/mol. The van der Waals surface area contributed by atoms with Crippen LogP contribution >= 0.6 is 0 Å². The smallest absolute Gasteiger partial charge is 0.153 e. The van der Waals surface area contributed by atoms with Gasteiger partial charge < -0.3 is 10.5 Å². The average molecular weight is 271 g/mol. The third kappa shape index (κ3) is 4.31.